The van der Waals surface area contributed by atoms with Crippen LogP contribution in [0.1, 0.15) is 0 Å². The molecular formula is C15H18N2O2S. The molecule has 1 saturated heterocycles. The minimum absolute atomic E-state index is 0.417. The molecule has 0 amide bonds. The molecule has 0 aliphatic carbocycles. The Morgan fingerprint density at radius 3 is 2.30 bits per heavy atom. The lowest BCUT2D eigenvalue weighted by atomic mass is 10.1. The Kier molecular flexibility index (Phi) is 3.50. The summed E-state index contributed by atoms with van der Waals surface area (Å²) in [5, 5.41) is 1.76. The zero-order valence-electron chi connectivity index (χ0n) is 11.5. The van der Waals surface area contributed by atoms with E-state index >= 15 is 0 Å². The predicted octanol–water partition coefficient (Wildman–Crippen LogP) is 1.78. The van der Waals surface area contributed by atoms with E-state index in [0.717, 1.165) is 23.9 Å². The summed E-state index contributed by atoms with van der Waals surface area (Å²) in [5.41, 5.74) is 0. The van der Waals surface area contributed by atoms with Crippen molar-refractivity contribution in [3.05, 3.63) is 42.5 Å². The summed E-state index contributed by atoms with van der Waals surface area (Å²) in [4.78, 5) is 2.56. The first kappa shape index (κ1) is 13.5. The third-order valence-electron chi connectivity index (χ3n) is 3.83. The third kappa shape index (κ3) is 2.32. The molecule has 3 rings (SSSR count). The van der Waals surface area contributed by atoms with E-state index < -0.39 is 10.0 Å². The van der Waals surface area contributed by atoms with Crippen LogP contribution < -0.4 is 0 Å². The second-order valence-electron chi connectivity index (χ2n) is 5.18. The second kappa shape index (κ2) is 5.16. The van der Waals surface area contributed by atoms with E-state index in [-0.39, 0.29) is 0 Å². The van der Waals surface area contributed by atoms with Crippen molar-refractivity contribution in [3.8, 4) is 0 Å². The summed E-state index contributed by atoms with van der Waals surface area (Å²) in [5.74, 6) is 0. The van der Waals surface area contributed by atoms with Gasteiger partial charge in [0.1, 0.15) is 0 Å². The highest BCUT2D eigenvalue weighted by Gasteiger charge is 2.28. The quantitative estimate of drug-likeness (QED) is 0.846. The largest absolute Gasteiger partial charge is 0.304 e. The number of nitrogens with zero attached hydrogens (tertiary/aromatic N) is 2. The molecule has 4 nitrogen and oxygen atoms in total. The van der Waals surface area contributed by atoms with E-state index in [4.69, 9.17) is 0 Å². The standard InChI is InChI=1S/C15H18N2O2S/c1-16-9-11-17(12-10-16)20(18,19)15-8-4-6-13-5-2-3-7-14(13)15/h2-8H,9-12H2,1H3. The maximum absolute atomic E-state index is 12.8. The van der Waals surface area contributed by atoms with Gasteiger partial charge in [0, 0.05) is 31.6 Å². The molecule has 5 heteroatoms. The lowest BCUT2D eigenvalue weighted by Gasteiger charge is -2.31. The molecule has 2 aromatic rings. The first-order valence-electron chi connectivity index (χ1n) is 6.75. The zero-order chi connectivity index (χ0) is 14.2. The summed E-state index contributed by atoms with van der Waals surface area (Å²) < 4.78 is 27.2. The number of fused-ring (bicyclic) bond motifs is 1. The molecule has 0 atom stereocenters. The summed E-state index contributed by atoms with van der Waals surface area (Å²) in [6, 6.07) is 13.1. The van der Waals surface area contributed by atoms with Crippen molar-refractivity contribution in [3.63, 3.8) is 0 Å². The molecule has 0 bridgehead atoms. The first-order valence-corrected chi connectivity index (χ1v) is 8.19. The third-order valence-corrected chi connectivity index (χ3v) is 5.79. The lowest BCUT2D eigenvalue weighted by molar-refractivity contribution is 0.222. The van der Waals surface area contributed by atoms with E-state index in [1.165, 1.54) is 0 Å². The number of benzene rings is 2. The van der Waals surface area contributed by atoms with Gasteiger partial charge in [0.25, 0.3) is 0 Å². The van der Waals surface area contributed by atoms with Gasteiger partial charge in [0.2, 0.25) is 10.0 Å². The van der Waals surface area contributed by atoms with Crippen molar-refractivity contribution in [1.82, 2.24) is 9.21 Å². The molecule has 0 spiro atoms. The molecule has 1 fully saturated rings. The van der Waals surface area contributed by atoms with Crippen molar-refractivity contribution in [2.24, 2.45) is 0 Å². The van der Waals surface area contributed by atoms with Gasteiger partial charge < -0.3 is 4.90 Å². The van der Waals surface area contributed by atoms with Crippen molar-refractivity contribution >= 4 is 20.8 Å². The van der Waals surface area contributed by atoms with Gasteiger partial charge in [0.15, 0.2) is 0 Å². The van der Waals surface area contributed by atoms with Crippen LogP contribution >= 0.6 is 0 Å². The van der Waals surface area contributed by atoms with Gasteiger partial charge in [-0.3, -0.25) is 0 Å². The van der Waals surface area contributed by atoms with Gasteiger partial charge in [-0.2, -0.15) is 4.31 Å². The topological polar surface area (TPSA) is 40.6 Å². The summed E-state index contributed by atoms with van der Waals surface area (Å²) in [6.07, 6.45) is 0. The number of rotatable bonds is 2. The van der Waals surface area contributed by atoms with E-state index in [1.807, 2.05) is 43.4 Å². The lowest BCUT2D eigenvalue weighted by Crippen LogP contribution is -2.47. The Morgan fingerprint density at radius 1 is 0.900 bits per heavy atom. The van der Waals surface area contributed by atoms with Gasteiger partial charge in [0.05, 0.1) is 4.90 Å². The van der Waals surface area contributed by atoms with E-state index in [1.54, 1.807) is 10.4 Å². The van der Waals surface area contributed by atoms with Gasteiger partial charge in [-0.1, -0.05) is 36.4 Å². The average Bonchev–Trinajstić information content (AvgIpc) is 2.47. The van der Waals surface area contributed by atoms with Crippen molar-refractivity contribution in [1.29, 1.82) is 0 Å². The fraction of sp³-hybridized carbons (Fsp3) is 0.333. The Morgan fingerprint density at radius 2 is 1.55 bits per heavy atom. The molecule has 106 valence electrons. The van der Waals surface area contributed by atoms with Crippen molar-refractivity contribution in [2.45, 2.75) is 4.90 Å². The number of likely N-dealkylation sites (N-methyl/N-ethyl adjacent to an activating group) is 1. The molecule has 1 heterocycles. The van der Waals surface area contributed by atoms with Gasteiger partial charge >= 0.3 is 0 Å². The maximum Gasteiger partial charge on any atom is 0.243 e. The van der Waals surface area contributed by atoms with Crippen LogP contribution in [0.15, 0.2) is 47.4 Å². The molecule has 0 unspecified atom stereocenters. The fourth-order valence-corrected chi connectivity index (χ4v) is 4.22. The molecule has 20 heavy (non-hydrogen) atoms. The van der Waals surface area contributed by atoms with Gasteiger partial charge in [-0.25, -0.2) is 8.42 Å². The summed E-state index contributed by atoms with van der Waals surface area (Å²) >= 11 is 0. The Balaban J connectivity index is 2.05. The van der Waals surface area contributed by atoms with Gasteiger partial charge in [-0.05, 0) is 18.5 Å². The number of piperazine rings is 1. The van der Waals surface area contributed by atoms with E-state index in [2.05, 4.69) is 4.90 Å². The van der Waals surface area contributed by atoms with Crippen LogP contribution in [0.2, 0.25) is 0 Å². The molecule has 0 aromatic heterocycles. The summed E-state index contributed by atoms with van der Waals surface area (Å²) in [6.45, 7) is 2.68. The normalized spacial score (nSPS) is 18.4. The predicted molar refractivity (Wildman–Crippen MR) is 80.2 cm³/mol. The number of sulfonamides is 1. The SMILES string of the molecule is CN1CCN(S(=O)(=O)c2cccc3ccccc23)CC1. The molecule has 1 aliphatic heterocycles. The zero-order valence-corrected chi connectivity index (χ0v) is 12.3. The monoisotopic (exact) mass is 290 g/mol. The van der Waals surface area contributed by atoms with E-state index in [0.29, 0.717) is 18.0 Å². The van der Waals surface area contributed by atoms with Crippen LogP contribution in [0, 0.1) is 0 Å². The van der Waals surface area contributed by atoms with Crippen LogP contribution in [-0.4, -0.2) is 50.8 Å². The Hall–Kier alpha value is -1.43. The molecular weight excluding hydrogens is 272 g/mol. The molecule has 2 aromatic carbocycles. The van der Waals surface area contributed by atoms with Crippen LogP contribution in [-0.2, 0) is 10.0 Å². The average molecular weight is 290 g/mol. The highest BCUT2D eigenvalue weighted by atomic mass is 32.2. The minimum Gasteiger partial charge on any atom is -0.304 e. The van der Waals surface area contributed by atoms with Crippen LogP contribution in [0.4, 0.5) is 0 Å². The van der Waals surface area contributed by atoms with Crippen molar-refractivity contribution < 1.29 is 8.42 Å². The smallest absolute Gasteiger partial charge is 0.243 e. The van der Waals surface area contributed by atoms with Gasteiger partial charge in [-0.15, -0.1) is 0 Å². The number of hydrogen-bond donors (Lipinski definition) is 0. The fourth-order valence-electron chi connectivity index (χ4n) is 2.59. The Bertz CT molecular complexity index is 714. The minimum atomic E-state index is -3.41. The maximum atomic E-state index is 12.8. The molecule has 0 N–H and O–H groups in total. The molecule has 0 saturated carbocycles. The summed E-state index contributed by atoms with van der Waals surface area (Å²) in [7, 11) is -1.39. The Labute approximate surface area is 119 Å². The molecule has 0 radical (unpaired) electrons. The molecule has 1 aliphatic rings. The second-order valence-corrected chi connectivity index (χ2v) is 7.09. The highest BCUT2D eigenvalue weighted by Crippen LogP contribution is 2.26. The van der Waals surface area contributed by atoms with Crippen LogP contribution in [0.25, 0.3) is 10.8 Å². The van der Waals surface area contributed by atoms with Crippen LogP contribution in [0.5, 0.6) is 0 Å². The van der Waals surface area contributed by atoms with Crippen LogP contribution in [0.3, 0.4) is 0 Å². The highest BCUT2D eigenvalue weighted by molar-refractivity contribution is 7.89. The van der Waals surface area contributed by atoms with E-state index in [9.17, 15) is 8.42 Å². The van der Waals surface area contributed by atoms with Crippen molar-refractivity contribution in [2.75, 3.05) is 33.2 Å². The first-order chi connectivity index (χ1) is 9.59. The number of hydrogen-bond acceptors (Lipinski definition) is 3.